The van der Waals surface area contributed by atoms with Gasteiger partial charge in [0.15, 0.2) is 0 Å². The summed E-state index contributed by atoms with van der Waals surface area (Å²) in [6.07, 6.45) is 5.88. The lowest BCUT2D eigenvalue weighted by molar-refractivity contribution is 0.378. The van der Waals surface area contributed by atoms with E-state index in [9.17, 15) is 4.79 Å². The van der Waals surface area contributed by atoms with Gasteiger partial charge in [-0.1, -0.05) is 13.8 Å². The molecule has 4 nitrogen and oxygen atoms in total. The van der Waals surface area contributed by atoms with Gasteiger partial charge in [-0.25, -0.2) is 0 Å². The van der Waals surface area contributed by atoms with Crippen LogP contribution in [0.5, 0.6) is 0 Å². The topological polar surface area (TPSA) is 59.9 Å². The summed E-state index contributed by atoms with van der Waals surface area (Å²) < 4.78 is 0. The Morgan fingerprint density at radius 2 is 2.00 bits per heavy atom. The average molecular weight is 245 g/mol. The number of H-pyrrole nitrogens is 1. The SMILES string of the molecule is CCCN(/C=C/c1[nH]c(=O)ccc1C#N)CCC. The van der Waals surface area contributed by atoms with Gasteiger partial charge in [-0.2, -0.15) is 5.26 Å². The molecule has 0 unspecified atom stereocenters. The maximum absolute atomic E-state index is 11.2. The van der Waals surface area contributed by atoms with Gasteiger partial charge in [-0.05, 0) is 25.0 Å². The fraction of sp³-hybridized carbons (Fsp3) is 0.429. The Balaban J connectivity index is 2.91. The maximum atomic E-state index is 11.2. The van der Waals surface area contributed by atoms with Crippen molar-refractivity contribution in [2.24, 2.45) is 0 Å². The zero-order valence-corrected chi connectivity index (χ0v) is 10.9. The Morgan fingerprint density at radius 3 is 2.56 bits per heavy atom. The third-order valence-corrected chi connectivity index (χ3v) is 2.54. The van der Waals surface area contributed by atoms with Gasteiger partial charge in [0, 0.05) is 25.4 Å². The monoisotopic (exact) mass is 245 g/mol. The number of hydrogen-bond donors (Lipinski definition) is 1. The molecule has 0 aromatic carbocycles. The molecule has 0 fully saturated rings. The number of hydrogen-bond acceptors (Lipinski definition) is 3. The van der Waals surface area contributed by atoms with Gasteiger partial charge in [-0.3, -0.25) is 4.79 Å². The largest absolute Gasteiger partial charge is 0.377 e. The summed E-state index contributed by atoms with van der Waals surface area (Å²) in [5, 5.41) is 8.96. The number of nitriles is 1. The van der Waals surface area contributed by atoms with Crippen molar-refractivity contribution in [2.45, 2.75) is 26.7 Å². The molecule has 0 spiro atoms. The Labute approximate surface area is 108 Å². The van der Waals surface area contributed by atoms with Gasteiger partial charge < -0.3 is 9.88 Å². The van der Waals surface area contributed by atoms with Crippen LogP contribution in [0.4, 0.5) is 0 Å². The second-order valence-corrected chi connectivity index (χ2v) is 4.11. The Bertz CT molecular complexity index is 490. The van der Waals surface area contributed by atoms with Crippen molar-refractivity contribution in [3.8, 4) is 6.07 Å². The summed E-state index contributed by atoms with van der Waals surface area (Å²) in [4.78, 5) is 16.1. The number of rotatable bonds is 6. The molecule has 0 aliphatic carbocycles. The Hall–Kier alpha value is -2.02. The Morgan fingerprint density at radius 1 is 1.33 bits per heavy atom. The molecule has 0 atom stereocenters. The summed E-state index contributed by atoms with van der Waals surface area (Å²) >= 11 is 0. The Kier molecular flexibility index (Phi) is 5.72. The molecule has 96 valence electrons. The van der Waals surface area contributed by atoms with Crippen molar-refractivity contribution in [3.63, 3.8) is 0 Å². The number of pyridine rings is 1. The highest BCUT2D eigenvalue weighted by atomic mass is 16.1. The van der Waals surface area contributed by atoms with Crippen LogP contribution in [0, 0.1) is 11.3 Å². The van der Waals surface area contributed by atoms with Gasteiger partial charge in [0.05, 0.1) is 11.3 Å². The van der Waals surface area contributed by atoms with E-state index in [0.29, 0.717) is 11.3 Å². The number of aromatic amines is 1. The van der Waals surface area contributed by atoms with E-state index in [1.807, 2.05) is 6.20 Å². The molecule has 1 rings (SSSR count). The zero-order chi connectivity index (χ0) is 13.4. The predicted octanol–water partition coefficient (Wildman–Crippen LogP) is 2.34. The molecule has 0 radical (unpaired) electrons. The highest BCUT2D eigenvalue weighted by Gasteiger charge is 2.00. The standard InChI is InChI=1S/C14H19N3O/c1-3-8-17(9-4-2)10-7-13-12(11-15)5-6-14(18)16-13/h5-7,10H,3-4,8-9H2,1-2H3,(H,16,18)/b10-7+. The molecule has 0 amide bonds. The van der Waals surface area contributed by atoms with Crippen molar-refractivity contribution >= 4 is 6.08 Å². The molecular formula is C14H19N3O. The summed E-state index contributed by atoms with van der Waals surface area (Å²) in [5.41, 5.74) is 0.868. The van der Waals surface area contributed by atoms with Crippen LogP contribution in [0.15, 0.2) is 23.1 Å². The average Bonchev–Trinajstić information content (AvgIpc) is 2.36. The maximum Gasteiger partial charge on any atom is 0.248 e. The second kappa shape index (κ2) is 7.33. The van der Waals surface area contributed by atoms with E-state index in [1.54, 1.807) is 12.1 Å². The number of nitrogens with zero attached hydrogens (tertiary/aromatic N) is 2. The van der Waals surface area contributed by atoms with Crippen molar-refractivity contribution in [2.75, 3.05) is 13.1 Å². The quantitative estimate of drug-likeness (QED) is 0.836. The molecule has 0 aliphatic rings. The van der Waals surface area contributed by atoms with Crippen LogP contribution in [0.1, 0.15) is 37.9 Å². The number of nitrogens with one attached hydrogen (secondary N) is 1. The van der Waals surface area contributed by atoms with Crippen LogP contribution in [0.3, 0.4) is 0 Å². The van der Waals surface area contributed by atoms with Crippen LogP contribution in [-0.4, -0.2) is 23.0 Å². The fourth-order valence-corrected chi connectivity index (χ4v) is 1.73. The van der Waals surface area contributed by atoms with Crippen LogP contribution >= 0.6 is 0 Å². The summed E-state index contributed by atoms with van der Waals surface area (Å²) in [5.74, 6) is 0. The molecule has 4 heteroatoms. The number of aromatic nitrogens is 1. The van der Waals surface area contributed by atoms with E-state index in [-0.39, 0.29) is 5.56 Å². The lowest BCUT2D eigenvalue weighted by Crippen LogP contribution is -2.18. The van der Waals surface area contributed by atoms with Crippen LogP contribution in [-0.2, 0) is 0 Å². The summed E-state index contributed by atoms with van der Waals surface area (Å²) in [7, 11) is 0. The third kappa shape index (κ3) is 4.10. The zero-order valence-electron chi connectivity index (χ0n) is 10.9. The lowest BCUT2D eigenvalue weighted by Gasteiger charge is -2.18. The fourth-order valence-electron chi connectivity index (χ4n) is 1.73. The van der Waals surface area contributed by atoms with E-state index in [0.717, 1.165) is 25.9 Å². The minimum Gasteiger partial charge on any atom is -0.377 e. The molecule has 0 aliphatic heterocycles. The van der Waals surface area contributed by atoms with E-state index in [1.165, 1.54) is 6.07 Å². The van der Waals surface area contributed by atoms with Gasteiger partial charge in [-0.15, -0.1) is 0 Å². The van der Waals surface area contributed by atoms with Gasteiger partial charge in [0.2, 0.25) is 5.56 Å². The van der Waals surface area contributed by atoms with E-state index in [4.69, 9.17) is 5.26 Å². The third-order valence-electron chi connectivity index (χ3n) is 2.54. The van der Waals surface area contributed by atoms with Gasteiger partial charge in [0.1, 0.15) is 6.07 Å². The summed E-state index contributed by atoms with van der Waals surface area (Å²) in [6, 6.07) is 4.98. The first-order valence-corrected chi connectivity index (χ1v) is 6.27. The molecule has 0 bridgehead atoms. The molecule has 1 heterocycles. The molecule has 18 heavy (non-hydrogen) atoms. The molecular weight excluding hydrogens is 226 g/mol. The van der Waals surface area contributed by atoms with Crippen molar-refractivity contribution in [1.82, 2.24) is 9.88 Å². The first-order chi connectivity index (χ1) is 8.71. The van der Waals surface area contributed by atoms with Crippen LogP contribution in [0.2, 0.25) is 0 Å². The highest BCUT2D eigenvalue weighted by molar-refractivity contribution is 5.53. The minimum atomic E-state index is -0.189. The van der Waals surface area contributed by atoms with Gasteiger partial charge >= 0.3 is 0 Å². The molecule has 1 aromatic heterocycles. The molecule has 1 N–H and O–H groups in total. The van der Waals surface area contributed by atoms with E-state index >= 15 is 0 Å². The molecule has 0 saturated heterocycles. The van der Waals surface area contributed by atoms with E-state index < -0.39 is 0 Å². The van der Waals surface area contributed by atoms with Crippen molar-refractivity contribution in [3.05, 3.63) is 39.9 Å². The molecule has 0 saturated carbocycles. The minimum absolute atomic E-state index is 0.189. The first kappa shape index (κ1) is 14.0. The van der Waals surface area contributed by atoms with Crippen LogP contribution in [0.25, 0.3) is 6.08 Å². The smallest absolute Gasteiger partial charge is 0.248 e. The molecule has 1 aromatic rings. The highest BCUT2D eigenvalue weighted by Crippen LogP contribution is 2.05. The van der Waals surface area contributed by atoms with Crippen LogP contribution < -0.4 is 5.56 Å². The van der Waals surface area contributed by atoms with E-state index in [2.05, 4.69) is 29.8 Å². The first-order valence-electron chi connectivity index (χ1n) is 6.27. The van der Waals surface area contributed by atoms with Crippen molar-refractivity contribution in [1.29, 1.82) is 5.26 Å². The van der Waals surface area contributed by atoms with Gasteiger partial charge in [0.25, 0.3) is 0 Å². The summed E-state index contributed by atoms with van der Waals surface area (Å²) in [6.45, 7) is 6.20. The van der Waals surface area contributed by atoms with Crippen molar-refractivity contribution < 1.29 is 0 Å². The predicted molar refractivity (Wildman–Crippen MR) is 73.0 cm³/mol. The normalized spacial score (nSPS) is 10.5. The lowest BCUT2D eigenvalue weighted by atomic mass is 10.2. The second-order valence-electron chi connectivity index (χ2n) is 4.11.